The predicted octanol–water partition coefficient (Wildman–Crippen LogP) is 6.50. The molecule has 7 rings (SSSR count). The molecule has 0 radical (unpaired) electrons. The van der Waals surface area contributed by atoms with Crippen molar-refractivity contribution in [3.05, 3.63) is 125 Å². The summed E-state index contributed by atoms with van der Waals surface area (Å²) in [5.41, 5.74) is 11.2. The Balaban J connectivity index is 1.61. The molecule has 5 aromatic rings. The molecule has 2 aliphatic carbocycles. The number of aryl methyl sites for hydroxylation is 2. The molecule has 0 amide bonds. The second-order valence-corrected chi connectivity index (χ2v) is 8.90. The Morgan fingerprint density at radius 1 is 0.485 bits per heavy atom. The topological polar surface area (TPSA) is 38.7 Å². The third kappa shape index (κ3) is 2.31. The quantitative estimate of drug-likeness (QED) is 0.303. The molecule has 4 aromatic carbocycles. The van der Waals surface area contributed by atoms with E-state index in [2.05, 4.69) is 106 Å². The Morgan fingerprint density at radius 2 is 0.939 bits per heavy atom. The van der Waals surface area contributed by atoms with Crippen molar-refractivity contribution < 1.29 is 0 Å². The zero-order chi connectivity index (χ0) is 22.2. The van der Waals surface area contributed by atoms with Gasteiger partial charge < -0.3 is 0 Å². The fourth-order valence-corrected chi connectivity index (χ4v) is 5.98. The van der Waals surface area contributed by atoms with Crippen LogP contribution in [0.15, 0.2) is 91.0 Å². The molecular formula is C30H21N3. The Labute approximate surface area is 192 Å². The molecule has 1 aromatic heterocycles. The van der Waals surface area contributed by atoms with Gasteiger partial charge in [0.2, 0.25) is 0 Å². The van der Waals surface area contributed by atoms with Crippen LogP contribution >= 0.6 is 0 Å². The summed E-state index contributed by atoms with van der Waals surface area (Å²) in [4.78, 5) is 13.7. The van der Waals surface area contributed by atoms with E-state index < -0.39 is 0 Å². The van der Waals surface area contributed by atoms with Crippen LogP contribution in [-0.4, -0.2) is 15.0 Å². The third-order valence-corrected chi connectivity index (χ3v) is 7.11. The molecule has 0 unspecified atom stereocenters. The highest BCUT2D eigenvalue weighted by molar-refractivity contribution is 5.95. The molecule has 0 saturated heterocycles. The molecule has 0 aliphatic heterocycles. The number of hydrogen-bond donors (Lipinski definition) is 0. The van der Waals surface area contributed by atoms with Gasteiger partial charge in [0.1, 0.15) is 11.6 Å². The molecule has 1 spiro atoms. The lowest BCUT2D eigenvalue weighted by atomic mass is 9.70. The monoisotopic (exact) mass is 423 g/mol. The molecular weight excluding hydrogens is 402 g/mol. The van der Waals surface area contributed by atoms with Gasteiger partial charge in [-0.15, -0.1) is 0 Å². The van der Waals surface area contributed by atoms with Crippen molar-refractivity contribution in [3.63, 3.8) is 0 Å². The van der Waals surface area contributed by atoms with Crippen molar-refractivity contribution in [1.82, 2.24) is 15.0 Å². The van der Waals surface area contributed by atoms with Crippen molar-refractivity contribution in [1.29, 1.82) is 0 Å². The fourth-order valence-electron chi connectivity index (χ4n) is 5.98. The molecule has 0 N–H and O–H groups in total. The summed E-state index contributed by atoms with van der Waals surface area (Å²) >= 11 is 0. The van der Waals surface area contributed by atoms with Crippen LogP contribution in [0.4, 0.5) is 0 Å². The van der Waals surface area contributed by atoms with Gasteiger partial charge in [-0.05, 0) is 64.4 Å². The molecule has 3 heteroatoms. The summed E-state index contributed by atoms with van der Waals surface area (Å²) in [6, 6.07) is 33.3. The number of fused-ring (bicyclic) bond motifs is 10. The molecule has 3 nitrogen and oxygen atoms in total. The number of hydrogen-bond acceptors (Lipinski definition) is 3. The van der Waals surface area contributed by atoms with Gasteiger partial charge in [0.25, 0.3) is 0 Å². The van der Waals surface area contributed by atoms with Gasteiger partial charge in [-0.2, -0.15) is 0 Å². The maximum Gasteiger partial charge on any atom is 0.163 e. The van der Waals surface area contributed by atoms with Crippen LogP contribution in [0.2, 0.25) is 0 Å². The smallest absolute Gasteiger partial charge is 0.163 e. The average molecular weight is 424 g/mol. The first-order valence-corrected chi connectivity index (χ1v) is 11.3. The Bertz CT molecular complexity index is 1510. The molecule has 0 saturated carbocycles. The minimum absolute atomic E-state index is 0.341. The number of aromatic nitrogens is 3. The maximum absolute atomic E-state index is 4.66. The lowest BCUT2D eigenvalue weighted by Crippen LogP contribution is -2.25. The average Bonchev–Trinajstić information content (AvgIpc) is 3.31. The fraction of sp³-hybridized carbons (Fsp3) is 0.100. The van der Waals surface area contributed by atoms with E-state index in [4.69, 9.17) is 0 Å². The van der Waals surface area contributed by atoms with Crippen molar-refractivity contribution in [2.75, 3.05) is 0 Å². The first-order valence-electron chi connectivity index (χ1n) is 11.3. The lowest BCUT2D eigenvalue weighted by molar-refractivity contribution is 0.793. The highest BCUT2D eigenvalue weighted by Gasteiger charge is 2.51. The second-order valence-electron chi connectivity index (χ2n) is 8.90. The Kier molecular flexibility index (Phi) is 3.61. The van der Waals surface area contributed by atoms with Crippen molar-refractivity contribution in [2.24, 2.45) is 0 Å². The largest absolute Gasteiger partial charge is 0.219 e. The number of nitrogens with zero attached hydrogens (tertiary/aromatic N) is 3. The second kappa shape index (κ2) is 6.46. The summed E-state index contributed by atoms with van der Waals surface area (Å²) in [6.45, 7) is 3.85. The molecule has 0 bridgehead atoms. The zero-order valence-corrected chi connectivity index (χ0v) is 18.5. The van der Waals surface area contributed by atoms with Gasteiger partial charge in [0, 0.05) is 5.56 Å². The standard InChI is InChI=1S/C30H21N3/c1-18-31-19(2)33-29(32-18)20-15-16-24-23-11-5-8-14-27(23)30(28(24)17-20)25-12-6-3-9-21(25)22-10-4-7-13-26(22)30/h3-17H,1-2H3. The Morgan fingerprint density at radius 3 is 1.45 bits per heavy atom. The van der Waals surface area contributed by atoms with Crippen LogP contribution in [0.25, 0.3) is 33.6 Å². The van der Waals surface area contributed by atoms with E-state index in [9.17, 15) is 0 Å². The molecule has 2 aliphatic rings. The first-order chi connectivity index (χ1) is 16.2. The van der Waals surface area contributed by atoms with E-state index in [1.165, 1.54) is 44.5 Å². The van der Waals surface area contributed by atoms with Crippen LogP contribution in [0.5, 0.6) is 0 Å². The van der Waals surface area contributed by atoms with Crippen molar-refractivity contribution in [3.8, 4) is 33.6 Å². The van der Waals surface area contributed by atoms with Crippen molar-refractivity contribution >= 4 is 0 Å². The van der Waals surface area contributed by atoms with Gasteiger partial charge >= 0.3 is 0 Å². The van der Waals surface area contributed by atoms with E-state index in [0.29, 0.717) is 0 Å². The van der Waals surface area contributed by atoms with Gasteiger partial charge in [-0.1, -0.05) is 84.9 Å². The van der Waals surface area contributed by atoms with Crippen LogP contribution in [-0.2, 0) is 5.41 Å². The van der Waals surface area contributed by atoms with Gasteiger partial charge in [-0.3, -0.25) is 0 Å². The SMILES string of the molecule is Cc1nc(C)nc(-c2ccc3c(c2)C2(c4ccccc4-c4ccccc42)c2ccccc2-3)n1. The Hall–Kier alpha value is -4.11. The predicted molar refractivity (Wildman–Crippen MR) is 131 cm³/mol. The minimum atomic E-state index is -0.341. The van der Waals surface area contributed by atoms with E-state index in [-0.39, 0.29) is 5.41 Å². The molecule has 0 fully saturated rings. The molecule has 33 heavy (non-hydrogen) atoms. The van der Waals surface area contributed by atoms with Crippen molar-refractivity contribution in [2.45, 2.75) is 19.3 Å². The molecule has 1 heterocycles. The zero-order valence-electron chi connectivity index (χ0n) is 18.5. The number of rotatable bonds is 1. The highest BCUT2D eigenvalue weighted by atomic mass is 15.0. The summed E-state index contributed by atoms with van der Waals surface area (Å²) in [6.07, 6.45) is 0. The van der Waals surface area contributed by atoms with Gasteiger partial charge in [0.15, 0.2) is 5.82 Å². The normalized spacial score (nSPS) is 14.0. The van der Waals surface area contributed by atoms with Crippen LogP contribution in [0.3, 0.4) is 0 Å². The highest BCUT2D eigenvalue weighted by Crippen LogP contribution is 2.62. The van der Waals surface area contributed by atoms with Crippen LogP contribution < -0.4 is 0 Å². The third-order valence-electron chi connectivity index (χ3n) is 7.11. The van der Waals surface area contributed by atoms with E-state index in [1.54, 1.807) is 0 Å². The maximum atomic E-state index is 4.66. The van der Waals surface area contributed by atoms with Gasteiger partial charge in [-0.25, -0.2) is 15.0 Å². The van der Waals surface area contributed by atoms with E-state index >= 15 is 0 Å². The van der Waals surface area contributed by atoms with Crippen LogP contribution in [0, 0.1) is 13.8 Å². The van der Waals surface area contributed by atoms with Crippen LogP contribution in [0.1, 0.15) is 33.9 Å². The van der Waals surface area contributed by atoms with E-state index in [0.717, 1.165) is 23.0 Å². The molecule has 0 atom stereocenters. The summed E-state index contributed by atoms with van der Waals surface area (Å²) in [7, 11) is 0. The van der Waals surface area contributed by atoms with E-state index in [1.807, 2.05) is 13.8 Å². The first kappa shape index (κ1) is 18.5. The lowest BCUT2D eigenvalue weighted by Gasteiger charge is -2.30. The van der Waals surface area contributed by atoms with Gasteiger partial charge in [0.05, 0.1) is 5.41 Å². The summed E-state index contributed by atoms with van der Waals surface area (Å²) in [5, 5.41) is 0. The molecule has 156 valence electrons. The minimum Gasteiger partial charge on any atom is -0.219 e. The number of benzene rings is 4. The summed E-state index contributed by atoms with van der Waals surface area (Å²) < 4.78 is 0. The summed E-state index contributed by atoms with van der Waals surface area (Å²) in [5.74, 6) is 2.22.